The quantitative estimate of drug-likeness (QED) is 0.173. The van der Waals surface area contributed by atoms with E-state index in [0.717, 1.165) is 45.7 Å². The topological polar surface area (TPSA) is 197 Å². The summed E-state index contributed by atoms with van der Waals surface area (Å²) in [6, 6.07) is 16.8. The number of benzene rings is 1. The number of halogens is 2. The van der Waals surface area contributed by atoms with Crippen LogP contribution < -0.4 is 5.10 Å². The Bertz CT molecular complexity index is 1030. The summed E-state index contributed by atoms with van der Waals surface area (Å²) in [5.74, 6) is 0. The third kappa shape index (κ3) is 17.9. The van der Waals surface area contributed by atoms with Crippen molar-refractivity contribution in [2.45, 2.75) is 64.4 Å². The van der Waals surface area contributed by atoms with Gasteiger partial charge in [0.05, 0.1) is 33.5 Å². The Hall–Kier alpha value is -2.57. The number of rotatable bonds is 4. The van der Waals surface area contributed by atoms with Gasteiger partial charge in [0, 0.05) is 13.5 Å². The third-order valence-corrected chi connectivity index (χ3v) is 9.40. The number of alkyl halides is 2. The van der Waals surface area contributed by atoms with Crippen molar-refractivity contribution in [1.82, 2.24) is 4.98 Å². The van der Waals surface area contributed by atoms with E-state index in [-0.39, 0.29) is 22.1 Å². The molecule has 223 valence electrons. The molecule has 2 heterocycles. The zero-order chi connectivity index (χ0) is 30.5. The van der Waals surface area contributed by atoms with E-state index in [1.807, 2.05) is 6.07 Å². The largest absolute Gasteiger partial charge is 2.00 e. The van der Waals surface area contributed by atoms with Gasteiger partial charge in [-0.3, -0.25) is 0 Å². The molecule has 0 saturated carbocycles. The predicted octanol–water partition coefficient (Wildman–Crippen LogP) is 6.24. The predicted molar refractivity (Wildman–Crippen MR) is 162 cm³/mol. The summed E-state index contributed by atoms with van der Waals surface area (Å²) >= 11 is 9.53. The van der Waals surface area contributed by atoms with E-state index in [0.29, 0.717) is 10.3 Å². The van der Waals surface area contributed by atoms with Crippen LogP contribution in [-0.4, -0.2) is 32.1 Å². The van der Waals surface area contributed by atoms with E-state index < -0.39 is 7.92 Å². The maximum Gasteiger partial charge on any atom is 2.00 e. The van der Waals surface area contributed by atoms with Crippen molar-refractivity contribution in [3.63, 3.8) is 0 Å². The zero-order valence-electron chi connectivity index (χ0n) is 23.0. The molecule has 1 aliphatic rings. The number of hydrazone groups is 1. The Morgan fingerprint density at radius 2 is 1.30 bits per heavy atom. The Morgan fingerprint density at radius 1 is 0.850 bits per heavy atom. The fourth-order valence-electron chi connectivity index (χ4n) is 3.91. The summed E-state index contributed by atoms with van der Waals surface area (Å²) in [4.78, 5) is 29.0. The van der Waals surface area contributed by atoms with Gasteiger partial charge in [-0.05, 0) is 70.9 Å². The third-order valence-electron chi connectivity index (χ3n) is 5.06. The van der Waals surface area contributed by atoms with Gasteiger partial charge in [0.25, 0.3) is 0 Å². The zero-order valence-corrected chi connectivity index (χ0v) is 26.6. The minimum Gasteiger partial charge on any atom is -0.444 e. The summed E-state index contributed by atoms with van der Waals surface area (Å²) < 4.78 is 0. The van der Waals surface area contributed by atoms with Crippen LogP contribution >= 0.6 is 31.1 Å². The Kier molecular flexibility index (Phi) is 24.3. The first-order valence-corrected chi connectivity index (χ1v) is 14.1. The van der Waals surface area contributed by atoms with Crippen LogP contribution in [0, 0.1) is 30.3 Å². The second-order valence-corrected chi connectivity index (χ2v) is 14.8. The fourth-order valence-corrected chi connectivity index (χ4v) is 7.78. The molecule has 0 unspecified atom stereocenters. The van der Waals surface area contributed by atoms with Gasteiger partial charge in [0.15, 0.2) is 0 Å². The van der Waals surface area contributed by atoms with E-state index in [1.165, 1.54) is 11.3 Å². The molecular formula is C24H34Cl2CoN6O6P+. The number of nitrogens with one attached hydrogen (secondary N) is 1. The van der Waals surface area contributed by atoms with Gasteiger partial charge in [-0.25, -0.2) is 4.98 Å². The van der Waals surface area contributed by atoms with Crippen molar-refractivity contribution in [3.8, 4) is 0 Å². The molecule has 0 amide bonds. The van der Waals surface area contributed by atoms with Crippen LogP contribution in [0.2, 0.25) is 0 Å². The molecule has 0 atom stereocenters. The van der Waals surface area contributed by atoms with Crippen LogP contribution in [0.5, 0.6) is 0 Å². The molecule has 1 N–H and O–H groups in total. The minimum atomic E-state index is -0.644. The molecule has 1 aliphatic heterocycles. The van der Waals surface area contributed by atoms with Crippen molar-refractivity contribution in [1.29, 1.82) is 0 Å². The molecule has 1 radical (unpaired) electrons. The fraction of sp³-hybridized carbons (Fsp3) is 0.458. The second kappa shape index (κ2) is 23.2. The number of hydrogen-bond donors (Lipinski definition) is 1. The maximum atomic E-state index is 8.00. The standard InChI is InChI=1S/C23H30N3P.CH2Cl2.Co.3HNO2/c1-22(2,3)27(23(4,5)6)16-18-13-10-14-19(24-18)21-15-20(25-26-21)17-11-8-7-9-12-17;2-1-3;;3*2-1-3/h7-14H,15-16H2,1-6H3;1H2;;3*(H,2,3)/q;;+2;;;/p-1. The first kappa shape index (κ1) is 41.9. The van der Waals surface area contributed by atoms with Gasteiger partial charge in [-0.15, -0.1) is 44.3 Å². The van der Waals surface area contributed by atoms with Crippen LogP contribution in [0.25, 0.3) is 0 Å². The normalized spacial score (nSPS) is 11.5. The molecule has 0 bridgehead atoms. The molecule has 1 aromatic carbocycles. The Labute approximate surface area is 255 Å². The molecule has 2 aromatic rings. The van der Waals surface area contributed by atoms with Crippen LogP contribution in [0.1, 0.15) is 64.9 Å². The summed E-state index contributed by atoms with van der Waals surface area (Å²) in [5, 5.41) is 35.6. The summed E-state index contributed by atoms with van der Waals surface area (Å²) in [6.45, 7) is 14.3. The first-order chi connectivity index (χ1) is 18.3. The van der Waals surface area contributed by atoms with Crippen LogP contribution in [-0.2, 0) is 22.9 Å². The molecule has 0 saturated heterocycles. The van der Waals surface area contributed by atoms with Crippen molar-refractivity contribution >= 4 is 42.5 Å². The Balaban J connectivity index is -0.000000905. The number of nitrogens with zero attached hydrogens (tertiary/aromatic N) is 5. The smallest absolute Gasteiger partial charge is 0.444 e. The van der Waals surface area contributed by atoms with Gasteiger partial charge in [0.1, 0.15) is 11.9 Å². The second-order valence-electron chi connectivity index (χ2n) is 9.69. The monoisotopic (exact) mass is 662 g/mol. The van der Waals surface area contributed by atoms with Crippen molar-refractivity contribution < 1.29 is 21.9 Å². The molecule has 16 heteroatoms. The molecule has 12 nitrogen and oxygen atoms in total. The SMILES string of the molecule is CC(C)(C)[PH+](Cc1cccc(C2=N[NH+]=C(c3ccccc3)C2)n1)C(C)(C)C.ClCCl.O=N[O-].O=N[O-].O=N[O-].[Co+2]. The van der Waals surface area contributed by atoms with Gasteiger partial charge in [-0.1, -0.05) is 24.3 Å². The molecule has 3 rings (SSSR count). The van der Waals surface area contributed by atoms with Gasteiger partial charge < -0.3 is 30.3 Å². The van der Waals surface area contributed by atoms with E-state index in [1.54, 1.807) is 0 Å². The van der Waals surface area contributed by atoms with E-state index in [2.05, 4.69) is 94.2 Å². The van der Waals surface area contributed by atoms with E-state index in [9.17, 15) is 0 Å². The summed E-state index contributed by atoms with van der Waals surface area (Å²) in [7, 11) is -0.644. The van der Waals surface area contributed by atoms with Gasteiger partial charge in [0.2, 0.25) is 5.71 Å². The summed E-state index contributed by atoms with van der Waals surface area (Å²) in [5.41, 5.74) is 5.55. The average Bonchev–Trinajstić information content (AvgIpc) is 3.35. The van der Waals surface area contributed by atoms with Gasteiger partial charge in [-0.2, -0.15) is 0 Å². The number of aromatic nitrogens is 1. The number of hydrogen-bond acceptors (Lipinski definition) is 11. The molecule has 0 aliphatic carbocycles. The molecule has 40 heavy (non-hydrogen) atoms. The van der Waals surface area contributed by atoms with Gasteiger partial charge >= 0.3 is 16.8 Å². The molecular weight excluding hydrogens is 629 g/mol. The molecule has 0 fully saturated rings. The van der Waals surface area contributed by atoms with E-state index >= 15 is 0 Å². The van der Waals surface area contributed by atoms with Crippen molar-refractivity contribution in [3.05, 3.63) is 95.8 Å². The molecule has 0 spiro atoms. The number of pyridine rings is 1. The summed E-state index contributed by atoms with van der Waals surface area (Å²) in [6.07, 6.45) is 1.89. The first-order valence-electron chi connectivity index (χ1n) is 11.3. The minimum absolute atomic E-state index is 0. The maximum absolute atomic E-state index is 8.00. The average molecular weight is 663 g/mol. The van der Waals surface area contributed by atoms with Crippen LogP contribution in [0.4, 0.5) is 0 Å². The van der Waals surface area contributed by atoms with Crippen LogP contribution in [0.3, 0.4) is 0 Å². The Morgan fingerprint density at radius 3 is 1.73 bits per heavy atom. The van der Waals surface area contributed by atoms with Crippen molar-refractivity contribution in [2.24, 2.45) is 21.1 Å². The van der Waals surface area contributed by atoms with Crippen molar-refractivity contribution in [2.75, 3.05) is 5.34 Å². The van der Waals surface area contributed by atoms with E-state index in [4.69, 9.17) is 58.5 Å². The molecule has 1 aromatic heterocycles. The van der Waals surface area contributed by atoms with Crippen LogP contribution in [0.15, 0.2) is 69.7 Å².